The first-order chi connectivity index (χ1) is 12.7. The largest absolute Gasteiger partial charge is 0.497 e. The van der Waals surface area contributed by atoms with Crippen molar-refractivity contribution in [3.63, 3.8) is 0 Å². The third-order valence-corrected chi connectivity index (χ3v) is 4.72. The highest BCUT2D eigenvalue weighted by Gasteiger charge is 2.52. The van der Waals surface area contributed by atoms with Gasteiger partial charge in [0, 0.05) is 0 Å². The van der Waals surface area contributed by atoms with Gasteiger partial charge in [0.1, 0.15) is 30.2 Å². The van der Waals surface area contributed by atoms with Crippen molar-refractivity contribution in [3.05, 3.63) is 42.5 Å². The molecule has 0 bridgehead atoms. The van der Waals surface area contributed by atoms with Gasteiger partial charge in [-0.25, -0.2) is 0 Å². The van der Waals surface area contributed by atoms with Crippen molar-refractivity contribution in [1.82, 2.24) is 0 Å². The highest BCUT2D eigenvalue weighted by molar-refractivity contribution is 5.26. The van der Waals surface area contributed by atoms with Crippen LogP contribution in [0, 0.1) is 0 Å². The standard InChI is InChI=1S/C21H30O6/c1-7-16(23-12-14-8-10-15(22-6)11-9-14)18-19(27-21(4,5)26-18)17-13-24-20(2,3)25-17/h7-11,16-19H,1,12-13H2,2-6H3/t16-,17+,18+,19+/m0/s1. The maximum absolute atomic E-state index is 6.15. The molecule has 0 N–H and O–H groups in total. The van der Waals surface area contributed by atoms with Gasteiger partial charge in [-0.2, -0.15) is 0 Å². The molecule has 0 aliphatic carbocycles. The van der Waals surface area contributed by atoms with Gasteiger partial charge in [-0.1, -0.05) is 18.2 Å². The molecule has 2 saturated heterocycles. The summed E-state index contributed by atoms with van der Waals surface area (Å²) < 4.78 is 35.3. The van der Waals surface area contributed by atoms with Crippen LogP contribution in [0.3, 0.4) is 0 Å². The van der Waals surface area contributed by atoms with Crippen molar-refractivity contribution in [2.75, 3.05) is 13.7 Å². The topological polar surface area (TPSA) is 55.4 Å². The molecule has 0 saturated carbocycles. The van der Waals surface area contributed by atoms with Crippen LogP contribution in [0.15, 0.2) is 36.9 Å². The zero-order valence-electron chi connectivity index (χ0n) is 16.8. The molecule has 3 rings (SSSR count). The average molecular weight is 378 g/mol. The molecular weight excluding hydrogens is 348 g/mol. The summed E-state index contributed by atoms with van der Waals surface area (Å²) >= 11 is 0. The Hall–Kier alpha value is -1.44. The second-order valence-electron chi connectivity index (χ2n) is 7.79. The Morgan fingerprint density at radius 3 is 2.37 bits per heavy atom. The summed E-state index contributed by atoms with van der Waals surface area (Å²) in [5.74, 6) is -0.538. The predicted molar refractivity (Wildman–Crippen MR) is 100 cm³/mol. The third kappa shape index (κ3) is 4.89. The fourth-order valence-corrected chi connectivity index (χ4v) is 3.45. The molecule has 27 heavy (non-hydrogen) atoms. The molecule has 150 valence electrons. The molecule has 2 heterocycles. The number of benzene rings is 1. The zero-order valence-corrected chi connectivity index (χ0v) is 16.8. The normalized spacial score (nSPS) is 30.2. The van der Waals surface area contributed by atoms with Crippen LogP contribution in [-0.2, 0) is 30.3 Å². The molecule has 4 atom stereocenters. The zero-order chi connectivity index (χ0) is 19.7. The summed E-state index contributed by atoms with van der Waals surface area (Å²) in [6.45, 7) is 12.4. The third-order valence-electron chi connectivity index (χ3n) is 4.72. The van der Waals surface area contributed by atoms with E-state index in [-0.39, 0.29) is 24.4 Å². The van der Waals surface area contributed by atoms with E-state index in [9.17, 15) is 0 Å². The summed E-state index contributed by atoms with van der Waals surface area (Å²) in [4.78, 5) is 0. The Labute approximate surface area is 161 Å². The van der Waals surface area contributed by atoms with E-state index < -0.39 is 11.6 Å². The van der Waals surface area contributed by atoms with Crippen LogP contribution in [0.5, 0.6) is 5.75 Å². The lowest BCUT2D eigenvalue weighted by Crippen LogP contribution is -2.44. The van der Waals surface area contributed by atoms with E-state index in [1.165, 1.54) is 0 Å². The van der Waals surface area contributed by atoms with E-state index in [0.717, 1.165) is 11.3 Å². The Morgan fingerprint density at radius 1 is 1.11 bits per heavy atom. The lowest BCUT2D eigenvalue weighted by Gasteiger charge is -2.27. The van der Waals surface area contributed by atoms with Crippen molar-refractivity contribution in [1.29, 1.82) is 0 Å². The maximum atomic E-state index is 6.15. The molecule has 2 fully saturated rings. The van der Waals surface area contributed by atoms with Gasteiger partial charge in [0.15, 0.2) is 11.6 Å². The van der Waals surface area contributed by atoms with Crippen LogP contribution in [0.1, 0.15) is 33.3 Å². The van der Waals surface area contributed by atoms with Gasteiger partial charge in [0.05, 0.1) is 20.3 Å². The van der Waals surface area contributed by atoms with Crippen molar-refractivity contribution in [3.8, 4) is 5.75 Å². The molecular formula is C21H30O6. The lowest BCUT2D eigenvalue weighted by molar-refractivity contribution is -0.175. The molecule has 0 aromatic heterocycles. The van der Waals surface area contributed by atoms with Gasteiger partial charge in [0.2, 0.25) is 0 Å². The number of hydrogen-bond acceptors (Lipinski definition) is 6. The Morgan fingerprint density at radius 2 is 1.81 bits per heavy atom. The van der Waals surface area contributed by atoms with Crippen molar-refractivity contribution < 1.29 is 28.4 Å². The molecule has 0 unspecified atom stereocenters. The Balaban J connectivity index is 1.68. The van der Waals surface area contributed by atoms with E-state index >= 15 is 0 Å². The minimum atomic E-state index is -0.726. The van der Waals surface area contributed by atoms with Gasteiger partial charge in [-0.05, 0) is 45.4 Å². The quantitative estimate of drug-likeness (QED) is 0.678. The van der Waals surface area contributed by atoms with Crippen LogP contribution in [0.2, 0.25) is 0 Å². The number of ether oxygens (including phenoxy) is 6. The summed E-state index contributed by atoms with van der Waals surface area (Å²) in [7, 11) is 1.65. The van der Waals surface area contributed by atoms with E-state index in [0.29, 0.717) is 13.2 Å². The molecule has 1 aromatic rings. The second-order valence-corrected chi connectivity index (χ2v) is 7.79. The lowest BCUT2D eigenvalue weighted by atomic mass is 10.0. The van der Waals surface area contributed by atoms with Gasteiger partial charge in [-0.3, -0.25) is 0 Å². The molecule has 6 nitrogen and oxygen atoms in total. The van der Waals surface area contributed by atoms with Crippen molar-refractivity contribution >= 4 is 0 Å². The van der Waals surface area contributed by atoms with Crippen LogP contribution >= 0.6 is 0 Å². The number of methoxy groups -OCH3 is 1. The highest BCUT2D eigenvalue weighted by atomic mass is 16.8. The SMILES string of the molecule is C=C[C@H](OCc1ccc(OC)cc1)[C@H]1OC(C)(C)O[C@@H]1[C@H]1COC(C)(C)O1. The molecule has 1 aromatic carbocycles. The Kier molecular flexibility index (Phi) is 5.93. The Bertz CT molecular complexity index is 639. The van der Waals surface area contributed by atoms with Gasteiger partial charge >= 0.3 is 0 Å². The summed E-state index contributed by atoms with van der Waals surface area (Å²) in [6.07, 6.45) is 0.552. The fourth-order valence-electron chi connectivity index (χ4n) is 3.45. The van der Waals surface area contributed by atoms with E-state index in [1.54, 1.807) is 13.2 Å². The van der Waals surface area contributed by atoms with Gasteiger partial charge in [-0.15, -0.1) is 6.58 Å². The first-order valence-corrected chi connectivity index (χ1v) is 9.27. The average Bonchev–Trinajstić information content (AvgIpc) is 3.14. The molecule has 0 radical (unpaired) electrons. The highest BCUT2D eigenvalue weighted by Crippen LogP contribution is 2.37. The summed E-state index contributed by atoms with van der Waals surface area (Å²) in [5.41, 5.74) is 1.04. The van der Waals surface area contributed by atoms with Gasteiger partial charge < -0.3 is 28.4 Å². The minimum Gasteiger partial charge on any atom is -0.497 e. The molecule has 2 aliphatic rings. The first-order valence-electron chi connectivity index (χ1n) is 9.27. The molecule has 0 amide bonds. The van der Waals surface area contributed by atoms with Crippen LogP contribution in [-0.4, -0.2) is 49.7 Å². The van der Waals surface area contributed by atoms with Crippen LogP contribution in [0.25, 0.3) is 0 Å². The van der Waals surface area contributed by atoms with E-state index in [4.69, 9.17) is 28.4 Å². The fraction of sp³-hybridized carbons (Fsp3) is 0.619. The molecule has 0 spiro atoms. The van der Waals surface area contributed by atoms with Crippen LogP contribution in [0.4, 0.5) is 0 Å². The smallest absolute Gasteiger partial charge is 0.164 e. The van der Waals surface area contributed by atoms with Crippen molar-refractivity contribution in [2.24, 2.45) is 0 Å². The number of hydrogen-bond donors (Lipinski definition) is 0. The van der Waals surface area contributed by atoms with E-state index in [1.807, 2.05) is 52.0 Å². The second kappa shape index (κ2) is 7.89. The first kappa shape index (κ1) is 20.3. The number of rotatable bonds is 7. The van der Waals surface area contributed by atoms with Gasteiger partial charge in [0.25, 0.3) is 0 Å². The summed E-state index contributed by atoms with van der Waals surface area (Å²) in [6, 6.07) is 7.77. The molecule has 6 heteroatoms. The minimum absolute atomic E-state index is 0.223. The van der Waals surface area contributed by atoms with E-state index in [2.05, 4.69) is 6.58 Å². The summed E-state index contributed by atoms with van der Waals surface area (Å²) in [5, 5.41) is 0. The van der Waals surface area contributed by atoms with Crippen molar-refractivity contribution in [2.45, 2.75) is 70.3 Å². The predicted octanol–water partition coefficient (Wildman–Crippen LogP) is 3.44. The monoisotopic (exact) mass is 378 g/mol. The molecule has 2 aliphatic heterocycles. The maximum Gasteiger partial charge on any atom is 0.164 e. The van der Waals surface area contributed by atoms with Crippen LogP contribution < -0.4 is 4.74 Å².